The van der Waals surface area contributed by atoms with E-state index < -0.39 is 0 Å². The van der Waals surface area contributed by atoms with Crippen LogP contribution in [0, 0.1) is 11.8 Å². The van der Waals surface area contributed by atoms with Crippen LogP contribution in [0.25, 0.3) is 0 Å². The summed E-state index contributed by atoms with van der Waals surface area (Å²) in [5.41, 5.74) is 0.922. The number of hydrogen-bond donors (Lipinski definition) is 0. The maximum atomic E-state index is 12.9. The first kappa shape index (κ1) is 18.9. The van der Waals surface area contributed by atoms with Crippen molar-refractivity contribution < 1.29 is 9.53 Å². The summed E-state index contributed by atoms with van der Waals surface area (Å²) >= 11 is 1.77. The SMILES string of the molecule is CC.O=C(c1csc(C2CCOCC2)c1)N1CCC2CCCCC2C1. The number of nitrogens with zero attached hydrogens (tertiary/aromatic N) is 1. The number of hydrogen-bond acceptors (Lipinski definition) is 3. The number of piperidine rings is 1. The molecule has 0 bridgehead atoms. The molecule has 2 aliphatic heterocycles. The van der Waals surface area contributed by atoms with Crippen LogP contribution in [0.4, 0.5) is 0 Å². The van der Waals surface area contributed by atoms with E-state index in [0.29, 0.717) is 5.92 Å². The van der Waals surface area contributed by atoms with E-state index in [1.165, 1.54) is 37.0 Å². The van der Waals surface area contributed by atoms with Crippen LogP contribution in [0.15, 0.2) is 11.4 Å². The second-order valence-electron chi connectivity index (χ2n) is 7.47. The fourth-order valence-electron chi connectivity index (χ4n) is 4.63. The smallest absolute Gasteiger partial charge is 0.254 e. The predicted octanol–water partition coefficient (Wildman–Crippen LogP) is 5.32. The van der Waals surface area contributed by atoms with Crippen LogP contribution < -0.4 is 0 Å². The van der Waals surface area contributed by atoms with Crippen LogP contribution in [0.3, 0.4) is 0 Å². The summed E-state index contributed by atoms with van der Waals surface area (Å²) in [7, 11) is 0. The molecule has 2 unspecified atom stereocenters. The Bertz CT molecular complexity index is 550. The second-order valence-corrected chi connectivity index (χ2v) is 8.41. The van der Waals surface area contributed by atoms with E-state index in [-0.39, 0.29) is 5.91 Å². The summed E-state index contributed by atoms with van der Waals surface area (Å²) in [4.78, 5) is 16.4. The van der Waals surface area contributed by atoms with Gasteiger partial charge in [0.1, 0.15) is 0 Å². The first-order chi connectivity index (χ1) is 12.3. The molecule has 0 spiro atoms. The largest absolute Gasteiger partial charge is 0.381 e. The number of fused-ring (bicyclic) bond motifs is 1. The molecule has 0 N–H and O–H groups in total. The zero-order valence-corrected chi connectivity index (χ0v) is 16.7. The normalized spacial score (nSPS) is 27.2. The van der Waals surface area contributed by atoms with Crippen molar-refractivity contribution in [1.82, 2.24) is 4.90 Å². The van der Waals surface area contributed by atoms with E-state index in [9.17, 15) is 4.79 Å². The highest BCUT2D eigenvalue weighted by atomic mass is 32.1. The molecule has 3 heterocycles. The summed E-state index contributed by atoms with van der Waals surface area (Å²) in [6.07, 6.45) is 8.88. The molecule has 3 nitrogen and oxygen atoms in total. The van der Waals surface area contributed by atoms with Gasteiger partial charge in [0.15, 0.2) is 0 Å². The minimum atomic E-state index is 0.267. The average molecular weight is 364 g/mol. The number of ether oxygens (including phenoxy) is 1. The summed E-state index contributed by atoms with van der Waals surface area (Å²) < 4.78 is 5.45. The molecule has 2 saturated heterocycles. The van der Waals surface area contributed by atoms with E-state index in [1.807, 2.05) is 13.8 Å². The maximum Gasteiger partial charge on any atom is 0.254 e. The first-order valence-electron chi connectivity index (χ1n) is 10.3. The quantitative estimate of drug-likeness (QED) is 0.711. The molecular weight excluding hydrogens is 330 g/mol. The van der Waals surface area contributed by atoms with Crippen LogP contribution in [0.2, 0.25) is 0 Å². The molecule has 1 saturated carbocycles. The summed E-state index contributed by atoms with van der Waals surface area (Å²) in [5.74, 6) is 2.51. The Morgan fingerprint density at radius 1 is 1.08 bits per heavy atom. The number of thiophene rings is 1. The molecule has 4 rings (SSSR count). The third-order valence-electron chi connectivity index (χ3n) is 6.07. The highest BCUT2D eigenvalue weighted by Gasteiger charge is 2.33. The third kappa shape index (κ3) is 4.46. The number of carbonyl (C=O) groups is 1. The molecule has 3 aliphatic rings. The van der Waals surface area contributed by atoms with Gasteiger partial charge in [-0.15, -0.1) is 11.3 Å². The van der Waals surface area contributed by atoms with Gasteiger partial charge in [0.25, 0.3) is 5.91 Å². The van der Waals surface area contributed by atoms with E-state index in [2.05, 4.69) is 16.3 Å². The Balaban J connectivity index is 0.000000880. The highest BCUT2D eigenvalue weighted by Crippen LogP contribution is 2.37. The monoisotopic (exact) mass is 363 g/mol. The Labute approximate surface area is 156 Å². The Morgan fingerprint density at radius 2 is 1.80 bits per heavy atom. The van der Waals surface area contributed by atoms with E-state index >= 15 is 0 Å². The highest BCUT2D eigenvalue weighted by molar-refractivity contribution is 7.10. The van der Waals surface area contributed by atoms with Gasteiger partial charge in [0, 0.05) is 36.6 Å². The van der Waals surface area contributed by atoms with Crippen molar-refractivity contribution in [2.24, 2.45) is 11.8 Å². The third-order valence-corrected chi connectivity index (χ3v) is 7.16. The summed E-state index contributed by atoms with van der Waals surface area (Å²) in [5, 5.41) is 2.08. The second kappa shape index (κ2) is 9.18. The van der Waals surface area contributed by atoms with Crippen LogP contribution >= 0.6 is 11.3 Å². The molecule has 0 radical (unpaired) electrons. The van der Waals surface area contributed by atoms with Crippen LogP contribution in [-0.2, 0) is 4.74 Å². The van der Waals surface area contributed by atoms with Gasteiger partial charge in [-0.25, -0.2) is 0 Å². The van der Waals surface area contributed by atoms with Crippen LogP contribution in [0.1, 0.15) is 79.9 Å². The van der Waals surface area contributed by atoms with Crippen molar-refractivity contribution in [3.05, 3.63) is 21.9 Å². The van der Waals surface area contributed by atoms with Gasteiger partial charge in [-0.1, -0.05) is 33.1 Å². The van der Waals surface area contributed by atoms with Crippen molar-refractivity contribution in [2.45, 2.75) is 64.7 Å². The Morgan fingerprint density at radius 3 is 2.56 bits per heavy atom. The standard InChI is InChI=1S/C19H27NO2S.C2H6/c21-19(20-8-5-14-3-1-2-4-16(14)12-20)17-11-18(23-13-17)15-6-9-22-10-7-15;1-2/h11,13-16H,1-10,12H2;1-2H3. The average Bonchev–Trinajstić information content (AvgIpc) is 3.19. The van der Waals surface area contributed by atoms with Gasteiger partial charge in [0.2, 0.25) is 0 Å². The molecule has 4 heteroatoms. The molecule has 1 aliphatic carbocycles. The molecule has 1 aromatic heterocycles. The maximum absolute atomic E-state index is 12.9. The molecular formula is C21H33NO2S. The molecule has 25 heavy (non-hydrogen) atoms. The van der Waals surface area contributed by atoms with Crippen molar-refractivity contribution in [3.8, 4) is 0 Å². The molecule has 2 atom stereocenters. The van der Waals surface area contributed by atoms with Gasteiger partial charge in [-0.3, -0.25) is 4.79 Å². The number of carbonyl (C=O) groups excluding carboxylic acids is 1. The van der Waals surface area contributed by atoms with Crippen LogP contribution in [-0.4, -0.2) is 37.1 Å². The minimum absolute atomic E-state index is 0.267. The van der Waals surface area contributed by atoms with Crippen molar-refractivity contribution in [1.29, 1.82) is 0 Å². The molecule has 1 aromatic rings. The fourth-order valence-corrected chi connectivity index (χ4v) is 5.68. The molecule has 140 valence electrons. The van der Waals surface area contributed by atoms with Crippen molar-refractivity contribution >= 4 is 17.2 Å². The van der Waals surface area contributed by atoms with Gasteiger partial charge >= 0.3 is 0 Å². The van der Waals surface area contributed by atoms with E-state index in [1.54, 1.807) is 11.3 Å². The van der Waals surface area contributed by atoms with Gasteiger partial charge in [0.05, 0.1) is 5.56 Å². The summed E-state index contributed by atoms with van der Waals surface area (Å²) in [6, 6.07) is 2.16. The van der Waals surface area contributed by atoms with Crippen LogP contribution in [0.5, 0.6) is 0 Å². The molecule has 0 aromatic carbocycles. The Kier molecular flexibility index (Phi) is 6.94. The zero-order chi connectivity index (χ0) is 17.6. The lowest BCUT2D eigenvalue weighted by atomic mass is 9.75. The predicted molar refractivity (Wildman–Crippen MR) is 104 cm³/mol. The Hall–Kier alpha value is -0.870. The molecule has 1 amide bonds. The van der Waals surface area contributed by atoms with E-state index in [0.717, 1.165) is 56.5 Å². The number of amides is 1. The number of likely N-dealkylation sites (tertiary alicyclic amines) is 1. The lowest BCUT2D eigenvalue weighted by Crippen LogP contribution is -2.44. The topological polar surface area (TPSA) is 29.5 Å². The summed E-state index contributed by atoms with van der Waals surface area (Å²) in [6.45, 7) is 7.68. The van der Waals surface area contributed by atoms with E-state index in [4.69, 9.17) is 4.74 Å². The number of rotatable bonds is 2. The van der Waals surface area contributed by atoms with Gasteiger partial charge in [-0.2, -0.15) is 0 Å². The molecule has 3 fully saturated rings. The van der Waals surface area contributed by atoms with Gasteiger partial charge < -0.3 is 9.64 Å². The lowest BCUT2D eigenvalue weighted by Gasteiger charge is -2.41. The lowest BCUT2D eigenvalue weighted by molar-refractivity contribution is 0.0521. The minimum Gasteiger partial charge on any atom is -0.381 e. The van der Waals surface area contributed by atoms with Gasteiger partial charge in [-0.05, 0) is 49.5 Å². The zero-order valence-electron chi connectivity index (χ0n) is 15.8. The fraction of sp³-hybridized carbons (Fsp3) is 0.762. The van der Waals surface area contributed by atoms with Crippen molar-refractivity contribution in [2.75, 3.05) is 26.3 Å². The first-order valence-corrected chi connectivity index (χ1v) is 11.1. The van der Waals surface area contributed by atoms with Crippen molar-refractivity contribution in [3.63, 3.8) is 0 Å².